The average molecular weight is 266 g/mol. The van der Waals surface area contributed by atoms with Crippen molar-refractivity contribution < 1.29 is 0 Å². The fourth-order valence-corrected chi connectivity index (χ4v) is 2.08. The van der Waals surface area contributed by atoms with Gasteiger partial charge in [-0.25, -0.2) is 10.8 Å². The Balaban J connectivity index is 1.90. The highest BCUT2D eigenvalue weighted by Gasteiger charge is 2.21. The third-order valence-electron chi connectivity index (χ3n) is 3.26. The quantitative estimate of drug-likeness (QED) is 0.346. The summed E-state index contributed by atoms with van der Waals surface area (Å²) in [6.07, 6.45) is 2.29. The number of rotatable bonds is 3. The van der Waals surface area contributed by atoms with Crippen molar-refractivity contribution in [2.45, 2.75) is 18.9 Å². The molecule has 0 heterocycles. The first-order valence-corrected chi connectivity index (χ1v) is 6.83. The van der Waals surface area contributed by atoms with Crippen LogP contribution in [-0.2, 0) is 0 Å². The molecule has 1 aliphatic carbocycles. The van der Waals surface area contributed by atoms with Crippen LogP contribution in [0.1, 0.15) is 12.8 Å². The maximum absolute atomic E-state index is 5.54. The van der Waals surface area contributed by atoms with Crippen LogP contribution in [0.5, 0.6) is 0 Å². The highest BCUT2D eigenvalue weighted by atomic mass is 15.3. The summed E-state index contributed by atoms with van der Waals surface area (Å²) in [4.78, 5) is 4.51. The molecule has 2 aromatic rings. The molecule has 0 aliphatic heterocycles. The largest absolute Gasteiger partial charge is 0.325 e. The van der Waals surface area contributed by atoms with E-state index in [1.54, 1.807) is 0 Å². The summed E-state index contributed by atoms with van der Waals surface area (Å²) in [6.45, 7) is 0. The molecule has 3 rings (SSSR count). The monoisotopic (exact) mass is 266 g/mol. The molecule has 1 saturated carbocycles. The number of nitrogens with zero attached hydrogens (tertiary/aromatic N) is 1. The molecule has 1 fully saturated rings. The van der Waals surface area contributed by atoms with E-state index in [1.807, 2.05) is 36.4 Å². The van der Waals surface area contributed by atoms with Gasteiger partial charge >= 0.3 is 0 Å². The summed E-state index contributed by atoms with van der Waals surface area (Å²) in [7, 11) is 0. The number of nitrogens with two attached hydrogens (primary N) is 1. The number of guanidine groups is 1. The lowest BCUT2D eigenvalue weighted by Crippen LogP contribution is -2.36. The van der Waals surface area contributed by atoms with E-state index in [0.717, 1.165) is 24.1 Å². The van der Waals surface area contributed by atoms with Crippen LogP contribution in [-0.4, -0.2) is 12.0 Å². The molecular weight excluding hydrogens is 248 g/mol. The predicted molar refractivity (Wildman–Crippen MR) is 83.3 cm³/mol. The molecule has 0 atom stereocenters. The fraction of sp³-hybridized carbons (Fsp3) is 0.188. The van der Waals surface area contributed by atoms with E-state index in [4.69, 9.17) is 5.84 Å². The molecule has 4 N–H and O–H groups in total. The second kappa shape index (κ2) is 5.75. The molecule has 0 spiro atoms. The maximum Gasteiger partial charge on any atom is 0.210 e. The Bertz CT molecular complexity index is 603. The van der Waals surface area contributed by atoms with Crippen LogP contribution in [0.4, 0.5) is 5.69 Å². The van der Waals surface area contributed by atoms with Gasteiger partial charge in [-0.2, -0.15) is 0 Å². The van der Waals surface area contributed by atoms with Crippen LogP contribution >= 0.6 is 0 Å². The molecule has 4 heteroatoms. The topological polar surface area (TPSA) is 62.4 Å². The second-order valence-corrected chi connectivity index (χ2v) is 4.89. The number of hydrogen-bond donors (Lipinski definition) is 3. The third kappa shape index (κ3) is 2.97. The van der Waals surface area contributed by atoms with Gasteiger partial charge in [0.25, 0.3) is 0 Å². The lowest BCUT2D eigenvalue weighted by Gasteiger charge is -2.13. The highest BCUT2D eigenvalue weighted by molar-refractivity contribution is 5.97. The van der Waals surface area contributed by atoms with E-state index < -0.39 is 0 Å². The molecule has 4 nitrogen and oxygen atoms in total. The number of hydrazine groups is 1. The van der Waals surface area contributed by atoms with Gasteiger partial charge < -0.3 is 5.32 Å². The van der Waals surface area contributed by atoms with Gasteiger partial charge in [-0.05, 0) is 24.5 Å². The Kier molecular flexibility index (Phi) is 3.65. The van der Waals surface area contributed by atoms with Crippen molar-refractivity contribution in [2.75, 3.05) is 5.32 Å². The average Bonchev–Trinajstić information content (AvgIpc) is 3.32. The lowest BCUT2D eigenvalue weighted by atomic mass is 10.0. The van der Waals surface area contributed by atoms with Crippen molar-refractivity contribution in [3.05, 3.63) is 54.6 Å². The molecule has 1 aliphatic rings. The van der Waals surface area contributed by atoms with Gasteiger partial charge in [0.1, 0.15) is 0 Å². The Hall–Kier alpha value is -2.33. The molecular formula is C16H18N4. The summed E-state index contributed by atoms with van der Waals surface area (Å²) in [5, 5.41) is 3.28. The van der Waals surface area contributed by atoms with Gasteiger partial charge in [-0.15, -0.1) is 0 Å². The summed E-state index contributed by atoms with van der Waals surface area (Å²) in [5.41, 5.74) is 5.93. The standard InChI is InChI=1S/C16H18N4/c17-20-16(18-13-10-11-13)19-15-9-5-4-8-14(15)12-6-2-1-3-7-12/h1-9,13H,10-11,17H2,(H2,18,19,20). The number of aliphatic imine (C=N–C) groups is 1. The Morgan fingerprint density at radius 1 is 1.00 bits per heavy atom. The van der Waals surface area contributed by atoms with Crippen LogP contribution in [0.2, 0.25) is 0 Å². The minimum absolute atomic E-state index is 0.414. The summed E-state index contributed by atoms with van der Waals surface area (Å²) in [5.74, 6) is 6.16. The van der Waals surface area contributed by atoms with Gasteiger partial charge in [0.05, 0.1) is 6.04 Å². The first-order chi connectivity index (χ1) is 9.86. The second-order valence-electron chi connectivity index (χ2n) is 4.89. The summed E-state index contributed by atoms with van der Waals surface area (Å²) >= 11 is 0. The fourth-order valence-electron chi connectivity index (χ4n) is 2.08. The SMILES string of the molecule is NNC(=NC1CC1)Nc1ccccc1-c1ccccc1. The number of anilines is 1. The van der Waals surface area contributed by atoms with E-state index in [-0.39, 0.29) is 0 Å². The first-order valence-electron chi connectivity index (χ1n) is 6.83. The van der Waals surface area contributed by atoms with Gasteiger partial charge in [0, 0.05) is 11.3 Å². The maximum atomic E-state index is 5.54. The van der Waals surface area contributed by atoms with Crippen molar-refractivity contribution in [3.63, 3.8) is 0 Å². The zero-order valence-corrected chi connectivity index (χ0v) is 11.2. The summed E-state index contributed by atoms with van der Waals surface area (Å²) < 4.78 is 0. The summed E-state index contributed by atoms with van der Waals surface area (Å²) in [6, 6.07) is 18.8. The zero-order chi connectivity index (χ0) is 13.8. The van der Waals surface area contributed by atoms with Gasteiger partial charge in [0.15, 0.2) is 0 Å². The van der Waals surface area contributed by atoms with Crippen LogP contribution in [0.3, 0.4) is 0 Å². The van der Waals surface area contributed by atoms with Crippen LogP contribution < -0.4 is 16.6 Å². The van der Waals surface area contributed by atoms with Gasteiger partial charge in [-0.3, -0.25) is 5.43 Å². The van der Waals surface area contributed by atoms with Crippen molar-refractivity contribution in [3.8, 4) is 11.1 Å². The van der Waals surface area contributed by atoms with Gasteiger partial charge in [-0.1, -0.05) is 48.5 Å². The van der Waals surface area contributed by atoms with Gasteiger partial charge in [0.2, 0.25) is 5.96 Å². The molecule has 102 valence electrons. The van der Waals surface area contributed by atoms with Crippen molar-refractivity contribution >= 4 is 11.6 Å². The van der Waals surface area contributed by atoms with Crippen molar-refractivity contribution in [1.29, 1.82) is 0 Å². The van der Waals surface area contributed by atoms with Crippen LogP contribution in [0, 0.1) is 0 Å². The lowest BCUT2D eigenvalue weighted by molar-refractivity contribution is 0.966. The van der Waals surface area contributed by atoms with Crippen LogP contribution in [0.25, 0.3) is 11.1 Å². The van der Waals surface area contributed by atoms with E-state index >= 15 is 0 Å². The molecule has 2 aromatic carbocycles. The minimum Gasteiger partial charge on any atom is -0.325 e. The van der Waals surface area contributed by atoms with Crippen molar-refractivity contribution in [1.82, 2.24) is 5.43 Å². The number of hydrogen-bond acceptors (Lipinski definition) is 2. The Morgan fingerprint density at radius 2 is 1.70 bits per heavy atom. The molecule has 0 bridgehead atoms. The minimum atomic E-state index is 0.414. The highest BCUT2D eigenvalue weighted by Crippen LogP contribution is 2.28. The molecule has 0 radical (unpaired) electrons. The Labute approximate surface area is 118 Å². The van der Waals surface area contributed by atoms with E-state index in [0.29, 0.717) is 12.0 Å². The van der Waals surface area contributed by atoms with Crippen molar-refractivity contribution in [2.24, 2.45) is 10.8 Å². The predicted octanol–water partition coefficient (Wildman–Crippen LogP) is 2.75. The molecule has 0 aromatic heterocycles. The number of para-hydroxylation sites is 1. The van der Waals surface area contributed by atoms with E-state index in [2.05, 4.69) is 33.9 Å². The molecule has 0 unspecified atom stereocenters. The molecule has 20 heavy (non-hydrogen) atoms. The zero-order valence-electron chi connectivity index (χ0n) is 11.2. The first kappa shape index (κ1) is 12.7. The van der Waals surface area contributed by atoms with Crippen LogP contribution in [0.15, 0.2) is 59.6 Å². The number of nitrogens with one attached hydrogen (secondary N) is 2. The smallest absolute Gasteiger partial charge is 0.210 e. The normalized spacial score (nSPS) is 14.9. The molecule has 0 saturated heterocycles. The molecule has 0 amide bonds. The van der Waals surface area contributed by atoms with E-state index in [9.17, 15) is 0 Å². The Morgan fingerprint density at radius 3 is 2.40 bits per heavy atom. The third-order valence-corrected chi connectivity index (χ3v) is 3.26. The number of benzene rings is 2. The van der Waals surface area contributed by atoms with E-state index in [1.165, 1.54) is 5.56 Å².